The third-order valence-electron chi connectivity index (χ3n) is 6.19. The van der Waals surface area contributed by atoms with Gasteiger partial charge in [-0.1, -0.05) is 0 Å². The molecule has 1 unspecified atom stereocenters. The highest BCUT2D eigenvalue weighted by Crippen LogP contribution is 2.30. The molecule has 0 radical (unpaired) electrons. The number of ether oxygens (including phenoxy) is 3. The number of piperidine rings is 1. The summed E-state index contributed by atoms with van der Waals surface area (Å²) in [5, 5.41) is 10.8. The SMILES string of the molecule is COC(=O)C[C@H](NC1(C)CCCCN1Cc1ccc(C(=O)Oc2ccc(C(=N)N)cc2)s1)C(=O)OC. The second kappa shape index (κ2) is 12.1. The van der Waals surface area contributed by atoms with Gasteiger partial charge in [0.05, 0.1) is 26.3 Å². The molecule has 0 amide bonds. The minimum absolute atomic E-state index is 0.0572. The van der Waals surface area contributed by atoms with Crippen LogP contribution in [0, 0.1) is 5.41 Å². The van der Waals surface area contributed by atoms with Crippen LogP contribution in [0.5, 0.6) is 5.75 Å². The molecule has 1 saturated heterocycles. The fraction of sp³-hybridized carbons (Fsp3) is 0.440. The van der Waals surface area contributed by atoms with Gasteiger partial charge in [-0.3, -0.25) is 25.2 Å². The Morgan fingerprint density at radius 1 is 1.14 bits per heavy atom. The second-order valence-corrected chi connectivity index (χ2v) is 9.91. The molecule has 2 atom stereocenters. The number of nitrogen functional groups attached to an aromatic ring is 1. The van der Waals surface area contributed by atoms with E-state index in [0.29, 0.717) is 22.7 Å². The molecule has 4 N–H and O–H groups in total. The number of carbonyl (C=O) groups excluding carboxylic acids is 3. The Balaban J connectivity index is 1.69. The number of amidine groups is 1. The molecule has 0 bridgehead atoms. The number of hydrogen-bond acceptors (Lipinski definition) is 10. The molecular formula is C25H32N4O6S. The highest BCUT2D eigenvalue weighted by molar-refractivity contribution is 7.13. The summed E-state index contributed by atoms with van der Waals surface area (Å²) >= 11 is 1.34. The van der Waals surface area contributed by atoms with Gasteiger partial charge in [-0.15, -0.1) is 11.3 Å². The quantitative estimate of drug-likeness (QED) is 0.188. The number of rotatable bonds is 10. The van der Waals surface area contributed by atoms with E-state index in [-0.39, 0.29) is 12.3 Å². The Hall–Kier alpha value is -3.28. The number of likely N-dealkylation sites (tertiary alicyclic amines) is 1. The van der Waals surface area contributed by atoms with Crippen molar-refractivity contribution in [3.63, 3.8) is 0 Å². The summed E-state index contributed by atoms with van der Waals surface area (Å²) in [6, 6.07) is 9.22. The Morgan fingerprint density at radius 3 is 2.50 bits per heavy atom. The molecule has 0 aliphatic carbocycles. The molecule has 1 aromatic carbocycles. The number of thiophene rings is 1. The average Bonchev–Trinajstić information content (AvgIpc) is 3.33. The van der Waals surface area contributed by atoms with Crippen molar-refractivity contribution in [3.8, 4) is 5.75 Å². The zero-order valence-corrected chi connectivity index (χ0v) is 21.5. The number of esters is 3. The van der Waals surface area contributed by atoms with Crippen molar-refractivity contribution in [1.29, 1.82) is 5.41 Å². The van der Waals surface area contributed by atoms with Gasteiger partial charge in [0.2, 0.25) is 0 Å². The first-order chi connectivity index (χ1) is 17.1. The Morgan fingerprint density at radius 2 is 1.86 bits per heavy atom. The number of carbonyl (C=O) groups is 3. The van der Waals surface area contributed by atoms with Crippen LogP contribution in [0.15, 0.2) is 36.4 Å². The molecular weight excluding hydrogens is 484 g/mol. The first kappa shape index (κ1) is 27.3. The molecule has 1 fully saturated rings. The second-order valence-electron chi connectivity index (χ2n) is 8.75. The number of nitrogens with one attached hydrogen (secondary N) is 2. The van der Waals surface area contributed by atoms with Gasteiger partial charge in [0.15, 0.2) is 0 Å². The maximum absolute atomic E-state index is 12.7. The Bertz CT molecular complexity index is 1100. The smallest absolute Gasteiger partial charge is 0.353 e. The van der Waals surface area contributed by atoms with Gasteiger partial charge in [0.25, 0.3) is 0 Å². The summed E-state index contributed by atoms with van der Waals surface area (Å²) < 4.78 is 15.1. The Labute approximate surface area is 214 Å². The van der Waals surface area contributed by atoms with Gasteiger partial charge in [-0.2, -0.15) is 0 Å². The summed E-state index contributed by atoms with van der Waals surface area (Å²) in [7, 11) is 2.57. The lowest BCUT2D eigenvalue weighted by Crippen LogP contribution is -2.63. The molecule has 1 aliphatic rings. The van der Waals surface area contributed by atoms with Crippen molar-refractivity contribution in [1.82, 2.24) is 10.2 Å². The van der Waals surface area contributed by atoms with Crippen molar-refractivity contribution < 1.29 is 28.6 Å². The normalized spacial score (nSPS) is 18.8. The lowest BCUT2D eigenvalue weighted by atomic mass is 9.95. The predicted octanol–water partition coefficient (Wildman–Crippen LogP) is 2.65. The molecule has 1 aliphatic heterocycles. The van der Waals surface area contributed by atoms with E-state index in [2.05, 4.69) is 10.2 Å². The topological polar surface area (TPSA) is 144 Å². The monoisotopic (exact) mass is 516 g/mol. The van der Waals surface area contributed by atoms with Gasteiger partial charge < -0.3 is 19.9 Å². The minimum Gasteiger partial charge on any atom is -0.469 e. The van der Waals surface area contributed by atoms with E-state index in [9.17, 15) is 14.4 Å². The third-order valence-corrected chi connectivity index (χ3v) is 7.24. The summed E-state index contributed by atoms with van der Waals surface area (Å²) in [6.45, 7) is 3.35. The summed E-state index contributed by atoms with van der Waals surface area (Å²) in [5.41, 5.74) is 5.44. The van der Waals surface area contributed by atoms with Crippen molar-refractivity contribution in [2.45, 2.75) is 50.9 Å². The van der Waals surface area contributed by atoms with E-state index in [1.165, 1.54) is 25.6 Å². The molecule has 0 spiro atoms. The lowest BCUT2D eigenvalue weighted by molar-refractivity contribution is -0.151. The first-order valence-electron chi connectivity index (χ1n) is 11.6. The molecule has 2 aromatic rings. The maximum atomic E-state index is 12.7. The number of nitrogens with zero attached hydrogens (tertiary/aromatic N) is 1. The maximum Gasteiger partial charge on any atom is 0.353 e. The van der Waals surface area contributed by atoms with Crippen LogP contribution in [0.4, 0.5) is 0 Å². The standard InChI is InChI=1S/C25H32N4O6S/c1-25(28-19(23(31)34-3)14-21(30)33-2)12-4-5-13-29(25)15-18-10-11-20(36-18)24(32)35-17-8-6-16(7-9-17)22(26)27/h6-11,19,28H,4-5,12-15H2,1-3H3,(H3,26,27)/t19-,25?/m0/s1. The van der Waals surface area contributed by atoms with Crippen molar-refractivity contribution in [2.75, 3.05) is 20.8 Å². The third kappa shape index (κ3) is 6.90. The first-order valence-corrected chi connectivity index (χ1v) is 12.4. The van der Waals surface area contributed by atoms with Gasteiger partial charge in [-0.25, -0.2) is 4.79 Å². The molecule has 3 rings (SSSR count). The van der Waals surface area contributed by atoms with Crippen LogP contribution in [0.2, 0.25) is 0 Å². The number of nitrogens with two attached hydrogens (primary N) is 1. The van der Waals surface area contributed by atoms with Crippen LogP contribution in [0.3, 0.4) is 0 Å². The van der Waals surface area contributed by atoms with E-state index < -0.39 is 29.6 Å². The summed E-state index contributed by atoms with van der Waals surface area (Å²) in [4.78, 5) is 40.5. The number of methoxy groups -OCH3 is 2. The highest BCUT2D eigenvalue weighted by Gasteiger charge is 2.39. The van der Waals surface area contributed by atoms with Crippen LogP contribution in [-0.4, -0.2) is 61.1 Å². The fourth-order valence-corrected chi connectivity index (χ4v) is 5.08. The molecule has 194 valence electrons. The molecule has 10 nitrogen and oxygen atoms in total. The highest BCUT2D eigenvalue weighted by atomic mass is 32.1. The zero-order chi connectivity index (χ0) is 26.3. The molecule has 11 heteroatoms. The van der Waals surface area contributed by atoms with E-state index in [1.807, 2.05) is 13.0 Å². The van der Waals surface area contributed by atoms with Gasteiger partial charge in [0, 0.05) is 23.5 Å². The zero-order valence-electron chi connectivity index (χ0n) is 20.7. The average molecular weight is 517 g/mol. The summed E-state index contributed by atoms with van der Waals surface area (Å²) in [6.07, 6.45) is 2.61. The van der Waals surface area contributed by atoms with Crippen molar-refractivity contribution >= 4 is 35.1 Å². The van der Waals surface area contributed by atoms with Gasteiger partial charge in [0.1, 0.15) is 22.5 Å². The molecule has 1 aromatic heterocycles. The molecule has 36 heavy (non-hydrogen) atoms. The van der Waals surface area contributed by atoms with Crippen LogP contribution in [0.25, 0.3) is 0 Å². The van der Waals surface area contributed by atoms with E-state index in [1.54, 1.807) is 30.3 Å². The molecule has 2 heterocycles. The predicted molar refractivity (Wildman–Crippen MR) is 135 cm³/mol. The number of benzene rings is 1. The largest absolute Gasteiger partial charge is 0.469 e. The molecule has 0 saturated carbocycles. The van der Waals surface area contributed by atoms with Crippen molar-refractivity contribution in [2.24, 2.45) is 5.73 Å². The van der Waals surface area contributed by atoms with Gasteiger partial charge >= 0.3 is 17.9 Å². The van der Waals surface area contributed by atoms with Crippen LogP contribution in [-0.2, 0) is 25.6 Å². The van der Waals surface area contributed by atoms with Crippen molar-refractivity contribution in [3.05, 3.63) is 51.7 Å². The van der Waals surface area contributed by atoms with Crippen LogP contribution in [0.1, 0.15) is 52.7 Å². The van der Waals surface area contributed by atoms with Crippen LogP contribution < -0.4 is 15.8 Å². The van der Waals surface area contributed by atoms with Crippen LogP contribution >= 0.6 is 11.3 Å². The van der Waals surface area contributed by atoms with E-state index >= 15 is 0 Å². The fourth-order valence-electron chi connectivity index (χ4n) is 4.18. The van der Waals surface area contributed by atoms with E-state index in [4.69, 9.17) is 25.4 Å². The minimum atomic E-state index is -0.837. The van der Waals surface area contributed by atoms with Gasteiger partial charge in [-0.05, 0) is 62.6 Å². The number of hydrogen-bond donors (Lipinski definition) is 3. The summed E-state index contributed by atoms with van der Waals surface area (Å²) in [5.74, 6) is -1.18. The van der Waals surface area contributed by atoms with E-state index in [0.717, 1.165) is 30.7 Å². The lowest BCUT2D eigenvalue weighted by Gasteiger charge is -2.46. The Kier molecular flexibility index (Phi) is 9.19.